The first kappa shape index (κ1) is 11.4. The lowest BCUT2D eigenvalue weighted by Crippen LogP contribution is -2.10. The molecule has 0 spiro atoms. The van der Waals surface area contributed by atoms with E-state index in [1.807, 2.05) is 6.20 Å². The highest BCUT2D eigenvalue weighted by molar-refractivity contribution is 7.09. The van der Waals surface area contributed by atoms with Gasteiger partial charge in [-0.25, -0.2) is 4.98 Å². The van der Waals surface area contributed by atoms with Crippen molar-refractivity contribution >= 4 is 11.3 Å². The van der Waals surface area contributed by atoms with Crippen molar-refractivity contribution in [3.8, 4) is 0 Å². The summed E-state index contributed by atoms with van der Waals surface area (Å²) in [5.41, 5.74) is 6.84. The minimum atomic E-state index is 0.685. The molecular formula is C12H17N3S. The highest BCUT2D eigenvalue weighted by atomic mass is 32.1. The number of rotatable bonds is 5. The Bertz CT molecular complexity index is 431. The molecule has 2 aromatic rings. The van der Waals surface area contributed by atoms with Gasteiger partial charge >= 0.3 is 0 Å². The molecule has 4 heteroatoms. The van der Waals surface area contributed by atoms with Crippen molar-refractivity contribution in [1.82, 2.24) is 9.55 Å². The molecule has 0 aliphatic rings. The van der Waals surface area contributed by atoms with Crippen molar-refractivity contribution in [2.24, 2.45) is 5.73 Å². The molecule has 2 N–H and O–H groups in total. The van der Waals surface area contributed by atoms with Crippen LogP contribution in [0.2, 0.25) is 0 Å². The number of hydrogen-bond donors (Lipinski definition) is 1. The third-order valence-electron chi connectivity index (χ3n) is 2.65. The summed E-state index contributed by atoms with van der Waals surface area (Å²) in [6.45, 7) is 3.81. The van der Waals surface area contributed by atoms with Crippen molar-refractivity contribution < 1.29 is 0 Å². The van der Waals surface area contributed by atoms with Gasteiger partial charge in [0.2, 0.25) is 0 Å². The van der Waals surface area contributed by atoms with Gasteiger partial charge in [-0.05, 0) is 24.9 Å². The highest BCUT2D eigenvalue weighted by Crippen LogP contribution is 2.15. The van der Waals surface area contributed by atoms with Gasteiger partial charge in [0.1, 0.15) is 5.82 Å². The van der Waals surface area contributed by atoms with E-state index in [-0.39, 0.29) is 0 Å². The third kappa shape index (κ3) is 2.33. The van der Waals surface area contributed by atoms with E-state index in [1.165, 1.54) is 10.6 Å². The van der Waals surface area contributed by atoms with Gasteiger partial charge in [-0.2, -0.15) is 0 Å². The van der Waals surface area contributed by atoms with Crippen molar-refractivity contribution in [2.75, 3.05) is 6.54 Å². The van der Waals surface area contributed by atoms with Crippen LogP contribution in [0, 0.1) is 0 Å². The molecule has 0 atom stereocenters. The molecule has 2 rings (SSSR count). The number of hydrogen-bond acceptors (Lipinski definition) is 3. The maximum absolute atomic E-state index is 5.59. The molecule has 16 heavy (non-hydrogen) atoms. The predicted octanol–water partition coefficient (Wildman–Crippen LogP) is 2.06. The van der Waals surface area contributed by atoms with Crippen LogP contribution in [-0.4, -0.2) is 16.1 Å². The lowest BCUT2D eigenvalue weighted by Gasteiger charge is -2.07. The Morgan fingerprint density at radius 2 is 2.38 bits per heavy atom. The van der Waals surface area contributed by atoms with Gasteiger partial charge < -0.3 is 10.3 Å². The number of thiophene rings is 1. The van der Waals surface area contributed by atoms with E-state index in [4.69, 9.17) is 5.73 Å². The minimum absolute atomic E-state index is 0.685. The largest absolute Gasteiger partial charge is 0.332 e. The summed E-state index contributed by atoms with van der Waals surface area (Å²) < 4.78 is 2.27. The molecule has 2 heterocycles. The second-order valence-electron chi connectivity index (χ2n) is 3.70. The van der Waals surface area contributed by atoms with Crippen molar-refractivity contribution in [3.05, 3.63) is 40.1 Å². The van der Waals surface area contributed by atoms with Crippen molar-refractivity contribution in [3.63, 3.8) is 0 Å². The van der Waals surface area contributed by atoms with Crippen LogP contribution < -0.4 is 5.73 Å². The van der Waals surface area contributed by atoms with Gasteiger partial charge in [-0.1, -0.05) is 6.07 Å². The topological polar surface area (TPSA) is 43.8 Å². The Morgan fingerprint density at radius 3 is 3.00 bits per heavy atom. The number of nitrogens with zero attached hydrogens (tertiary/aromatic N) is 2. The number of nitrogens with two attached hydrogens (primary N) is 1. The summed E-state index contributed by atoms with van der Waals surface area (Å²) in [5.74, 6) is 1.15. The first-order valence-corrected chi connectivity index (χ1v) is 6.48. The summed E-state index contributed by atoms with van der Waals surface area (Å²) in [6, 6.07) is 4.24. The SMILES string of the molecule is CCn1c(CCN)cnc1Cc1cccs1. The first-order valence-electron chi connectivity index (χ1n) is 5.61. The highest BCUT2D eigenvalue weighted by Gasteiger charge is 2.08. The number of imidazole rings is 1. The van der Waals surface area contributed by atoms with Crippen molar-refractivity contribution in [2.45, 2.75) is 26.3 Å². The van der Waals surface area contributed by atoms with Crippen LogP contribution >= 0.6 is 11.3 Å². The fraction of sp³-hybridized carbons (Fsp3) is 0.417. The standard InChI is InChI=1S/C12H17N3S/c1-2-15-10(5-6-13)9-14-12(15)8-11-4-3-7-16-11/h3-4,7,9H,2,5-6,8,13H2,1H3. The van der Waals surface area contributed by atoms with E-state index < -0.39 is 0 Å². The van der Waals surface area contributed by atoms with Crippen LogP contribution in [-0.2, 0) is 19.4 Å². The van der Waals surface area contributed by atoms with Gasteiger partial charge in [0.15, 0.2) is 0 Å². The molecule has 86 valence electrons. The van der Waals surface area contributed by atoms with Crippen LogP contribution in [0.5, 0.6) is 0 Å². The lowest BCUT2D eigenvalue weighted by molar-refractivity contribution is 0.672. The quantitative estimate of drug-likeness (QED) is 0.862. The minimum Gasteiger partial charge on any atom is -0.332 e. The lowest BCUT2D eigenvalue weighted by atomic mass is 10.3. The second kappa shape index (κ2) is 5.27. The van der Waals surface area contributed by atoms with Crippen LogP contribution in [0.3, 0.4) is 0 Å². The van der Waals surface area contributed by atoms with E-state index >= 15 is 0 Å². The van der Waals surface area contributed by atoms with Crippen LogP contribution in [0.1, 0.15) is 23.3 Å². The Hall–Kier alpha value is -1.13. The second-order valence-corrected chi connectivity index (χ2v) is 4.74. The molecule has 0 aliphatic heterocycles. The molecule has 0 amide bonds. The first-order chi connectivity index (χ1) is 7.85. The Kier molecular flexibility index (Phi) is 3.74. The zero-order valence-electron chi connectivity index (χ0n) is 9.52. The summed E-state index contributed by atoms with van der Waals surface area (Å²) in [7, 11) is 0. The van der Waals surface area contributed by atoms with E-state index in [1.54, 1.807) is 11.3 Å². The molecule has 0 aliphatic carbocycles. The predicted molar refractivity (Wildman–Crippen MR) is 67.8 cm³/mol. The van der Waals surface area contributed by atoms with Crippen molar-refractivity contribution in [1.29, 1.82) is 0 Å². The molecule has 0 saturated carbocycles. The zero-order valence-corrected chi connectivity index (χ0v) is 10.3. The maximum atomic E-state index is 5.59. The van der Waals surface area contributed by atoms with Gasteiger partial charge in [0, 0.05) is 36.2 Å². The van der Waals surface area contributed by atoms with E-state index in [2.05, 4.69) is 34.0 Å². The Labute approximate surface area is 99.9 Å². The van der Waals surface area contributed by atoms with Gasteiger partial charge in [0.25, 0.3) is 0 Å². The van der Waals surface area contributed by atoms with Gasteiger partial charge in [-0.3, -0.25) is 0 Å². The average molecular weight is 235 g/mol. The smallest absolute Gasteiger partial charge is 0.114 e. The van der Waals surface area contributed by atoms with E-state index in [0.717, 1.165) is 25.2 Å². The molecule has 2 aromatic heterocycles. The average Bonchev–Trinajstić information content (AvgIpc) is 2.90. The van der Waals surface area contributed by atoms with E-state index in [0.29, 0.717) is 6.54 Å². The van der Waals surface area contributed by atoms with Crippen LogP contribution in [0.4, 0.5) is 0 Å². The fourth-order valence-corrected chi connectivity index (χ4v) is 2.60. The zero-order chi connectivity index (χ0) is 11.4. The molecule has 0 unspecified atom stereocenters. The molecular weight excluding hydrogens is 218 g/mol. The Balaban J connectivity index is 2.20. The summed E-state index contributed by atoms with van der Waals surface area (Å²) in [5, 5.41) is 2.11. The normalized spacial score (nSPS) is 10.9. The van der Waals surface area contributed by atoms with Gasteiger partial charge in [0.05, 0.1) is 0 Å². The molecule has 3 nitrogen and oxygen atoms in total. The van der Waals surface area contributed by atoms with Crippen LogP contribution in [0.15, 0.2) is 23.7 Å². The fourth-order valence-electron chi connectivity index (χ4n) is 1.90. The number of aromatic nitrogens is 2. The third-order valence-corrected chi connectivity index (χ3v) is 3.53. The molecule has 0 radical (unpaired) electrons. The van der Waals surface area contributed by atoms with Gasteiger partial charge in [-0.15, -0.1) is 11.3 Å². The molecule has 0 fully saturated rings. The molecule has 0 aromatic carbocycles. The summed E-state index contributed by atoms with van der Waals surface area (Å²) >= 11 is 1.78. The monoisotopic (exact) mass is 235 g/mol. The summed E-state index contributed by atoms with van der Waals surface area (Å²) in [4.78, 5) is 5.86. The molecule has 0 saturated heterocycles. The summed E-state index contributed by atoms with van der Waals surface area (Å²) in [6.07, 6.45) is 3.79. The molecule has 0 bridgehead atoms. The van der Waals surface area contributed by atoms with Crippen LogP contribution in [0.25, 0.3) is 0 Å². The maximum Gasteiger partial charge on any atom is 0.114 e. The Morgan fingerprint density at radius 1 is 1.50 bits per heavy atom. The van der Waals surface area contributed by atoms with E-state index in [9.17, 15) is 0 Å².